The summed E-state index contributed by atoms with van der Waals surface area (Å²) in [7, 11) is 0. The Balaban J connectivity index is 1.23. The third-order valence-corrected chi connectivity index (χ3v) is 7.03. The lowest BCUT2D eigenvalue weighted by atomic mass is 9.86. The molecule has 0 radical (unpaired) electrons. The first-order chi connectivity index (χ1) is 18.6. The maximum absolute atomic E-state index is 16.4. The van der Waals surface area contributed by atoms with Crippen molar-refractivity contribution in [3.63, 3.8) is 0 Å². The van der Waals surface area contributed by atoms with Gasteiger partial charge in [0, 0.05) is 37.7 Å². The number of rotatable bonds is 10. The van der Waals surface area contributed by atoms with Crippen LogP contribution < -0.4 is 5.32 Å². The fraction of sp³-hybridized carbons (Fsp3) is 0.387. The van der Waals surface area contributed by atoms with Crippen LogP contribution in [-0.4, -0.2) is 54.4 Å². The Morgan fingerprint density at radius 3 is 2.29 bits per heavy atom. The molecule has 1 atom stereocenters. The number of alkyl halides is 1. The van der Waals surface area contributed by atoms with E-state index in [4.69, 9.17) is 13.9 Å². The molecule has 7 heteroatoms. The average molecular weight is 518 g/mol. The highest BCUT2D eigenvalue weighted by molar-refractivity contribution is 5.80. The normalized spacial score (nSPS) is 20.8. The van der Waals surface area contributed by atoms with Gasteiger partial charge in [-0.3, -0.25) is 4.90 Å². The lowest BCUT2D eigenvalue weighted by molar-refractivity contribution is 0.0872. The molecule has 200 valence electrons. The Bertz CT molecular complexity index is 1250. The molecule has 1 N–H and O–H groups in total. The predicted molar refractivity (Wildman–Crippen MR) is 148 cm³/mol. The summed E-state index contributed by atoms with van der Waals surface area (Å²) in [6, 6.07) is 20.7. The van der Waals surface area contributed by atoms with E-state index < -0.39 is 5.67 Å². The molecule has 1 aliphatic heterocycles. The Morgan fingerprint density at radius 1 is 0.974 bits per heavy atom. The number of allylic oxidation sites excluding steroid dienone is 2. The summed E-state index contributed by atoms with van der Waals surface area (Å²) < 4.78 is 34.1. The zero-order valence-electron chi connectivity index (χ0n) is 22.2. The van der Waals surface area contributed by atoms with Crippen LogP contribution in [0.25, 0.3) is 16.8 Å². The van der Waals surface area contributed by atoms with Gasteiger partial charge in [-0.1, -0.05) is 60.7 Å². The SMILES string of the molecule is CCOC1=CC(F)(CN2CCC(Nc3nc(-c4ccccc4)co3)CC2)CC(OCC)=C1c1ccccc1. The van der Waals surface area contributed by atoms with Crippen LogP contribution in [0.4, 0.5) is 10.4 Å². The van der Waals surface area contributed by atoms with Crippen molar-refractivity contribution in [3.8, 4) is 11.3 Å². The van der Waals surface area contributed by atoms with E-state index in [1.165, 1.54) is 0 Å². The first kappa shape index (κ1) is 26.0. The Morgan fingerprint density at radius 2 is 1.63 bits per heavy atom. The van der Waals surface area contributed by atoms with Gasteiger partial charge in [-0.15, -0.1) is 0 Å². The van der Waals surface area contributed by atoms with E-state index in [1.807, 2.05) is 74.5 Å². The molecule has 1 aliphatic carbocycles. The summed E-state index contributed by atoms with van der Waals surface area (Å²) in [4.78, 5) is 6.78. The Kier molecular flexibility index (Phi) is 8.13. The highest BCUT2D eigenvalue weighted by Gasteiger charge is 2.39. The molecule has 0 bridgehead atoms. The van der Waals surface area contributed by atoms with Crippen molar-refractivity contribution >= 4 is 11.6 Å². The Hall–Kier alpha value is -3.58. The van der Waals surface area contributed by atoms with E-state index in [0.717, 1.165) is 48.3 Å². The van der Waals surface area contributed by atoms with Crippen LogP contribution in [0, 0.1) is 0 Å². The standard InChI is InChI=1S/C31H36FN3O3/c1-3-36-27-19-31(32,20-28(37-4-2)29(27)24-13-9-6-10-14-24)22-35-17-15-25(16-18-35)33-30-34-26(21-38-30)23-11-7-5-8-12-23/h5-14,19,21,25H,3-4,15-18,20,22H2,1-2H3,(H,33,34). The van der Waals surface area contributed by atoms with Crippen molar-refractivity contribution in [1.29, 1.82) is 0 Å². The van der Waals surface area contributed by atoms with Crippen LogP contribution in [0.5, 0.6) is 0 Å². The number of piperidine rings is 1. The van der Waals surface area contributed by atoms with Crippen LogP contribution in [0.2, 0.25) is 0 Å². The monoisotopic (exact) mass is 517 g/mol. The summed E-state index contributed by atoms with van der Waals surface area (Å²) >= 11 is 0. The van der Waals surface area contributed by atoms with E-state index in [2.05, 4.69) is 15.2 Å². The van der Waals surface area contributed by atoms with Crippen molar-refractivity contribution in [1.82, 2.24) is 9.88 Å². The number of benzene rings is 2. The summed E-state index contributed by atoms with van der Waals surface area (Å²) in [5, 5.41) is 3.42. The number of anilines is 1. The molecule has 0 saturated carbocycles. The van der Waals surface area contributed by atoms with E-state index >= 15 is 4.39 Å². The Labute approximate surface area is 224 Å². The zero-order chi connectivity index (χ0) is 26.4. The van der Waals surface area contributed by atoms with Gasteiger partial charge in [0.1, 0.15) is 23.5 Å². The lowest BCUT2D eigenvalue weighted by Gasteiger charge is -2.38. The van der Waals surface area contributed by atoms with Crippen molar-refractivity contribution in [3.05, 3.63) is 90.1 Å². The third kappa shape index (κ3) is 6.10. The summed E-state index contributed by atoms with van der Waals surface area (Å²) in [5.41, 5.74) is 2.10. The van der Waals surface area contributed by atoms with Crippen LogP contribution >= 0.6 is 0 Å². The molecule has 3 aromatic rings. The van der Waals surface area contributed by atoms with Gasteiger partial charge in [0.15, 0.2) is 5.67 Å². The summed E-state index contributed by atoms with van der Waals surface area (Å²) in [6.45, 7) is 6.66. The number of halogens is 1. The first-order valence-corrected chi connectivity index (χ1v) is 13.5. The second-order valence-corrected chi connectivity index (χ2v) is 9.85. The number of nitrogens with one attached hydrogen (secondary N) is 1. The van der Waals surface area contributed by atoms with Gasteiger partial charge in [-0.25, -0.2) is 4.39 Å². The minimum absolute atomic E-state index is 0.193. The van der Waals surface area contributed by atoms with Crippen LogP contribution in [0.15, 0.2) is 88.9 Å². The minimum Gasteiger partial charge on any atom is -0.497 e. The smallest absolute Gasteiger partial charge is 0.295 e. The van der Waals surface area contributed by atoms with Gasteiger partial charge in [0.2, 0.25) is 0 Å². The van der Waals surface area contributed by atoms with Crippen molar-refractivity contribution in [2.45, 2.75) is 44.8 Å². The molecule has 2 heterocycles. The fourth-order valence-corrected chi connectivity index (χ4v) is 5.29. The van der Waals surface area contributed by atoms with E-state index in [1.54, 1.807) is 12.3 Å². The van der Waals surface area contributed by atoms with E-state index in [0.29, 0.717) is 37.3 Å². The van der Waals surface area contributed by atoms with Gasteiger partial charge < -0.3 is 19.2 Å². The second-order valence-electron chi connectivity index (χ2n) is 9.85. The van der Waals surface area contributed by atoms with Crippen molar-refractivity contribution < 1.29 is 18.3 Å². The van der Waals surface area contributed by atoms with Gasteiger partial charge in [-0.2, -0.15) is 4.98 Å². The summed E-state index contributed by atoms with van der Waals surface area (Å²) in [6.07, 6.45) is 5.30. The predicted octanol–water partition coefficient (Wildman–Crippen LogP) is 6.70. The van der Waals surface area contributed by atoms with Gasteiger partial charge >= 0.3 is 0 Å². The van der Waals surface area contributed by atoms with Crippen molar-refractivity contribution in [2.24, 2.45) is 0 Å². The maximum Gasteiger partial charge on any atom is 0.295 e. The topological polar surface area (TPSA) is 59.8 Å². The fourth-order valence-electron chi connectivity index (χ4n) is 5.29. The molecule has 38 heavy (non-hydrogen) atoms. The number of aromatic nitrogens is 1. The summed E-state index contributed by atoms with van der Waals surface area (Å²) in [5.74, 6) is 1.22. The van der Waals surface area contributed by atoms with Crippen LogP contribution in [-0.2, 0) is 9.47 Å². The highest BCUT2D eigenvalue weighted by atomic mass is 19.1. The second kappa shape index (κ2) is 11.9. The molecule has 6 nitrogen and oxygen atoms in total. The average Bonchev–Trinajstić information content (AvgIpc) is 3.39. The molecule has 2 aromatic carbocycles. The number of likely N-dealkylation sites (tertiary alicyclic amines) is 1. The molecule has 1 aromatic heterocycles. The number of nitrogens with zero attached hydrogens (tertiary/aromatic N) is 2. The molecular formula is C31H36FN3O3. The molecule has 1 fully saturated rings. The molecule has 0 amide bonds. The van der Waals surface area contributed by atoms with E-state index in [9.17, 15) is 0 Å². The molecule has 5 rings (SSSR count). The number of hydrogen-bond donors (Lipinski definition) is 1. The maximum atomic E-state index is 16.4. The van der Waals surface area contributed by atoms with Crippen LogP contribution in [0.1, 0.15) is 38.7 Å². The zero-order valence-corrected chi connectivity index (χ0v) is 22.2. The highest BCUT2D eigenvalue weighted by Crippen LogP contribution is 2.41. The number of hydrogen-bond acceptors (Lipinski definition) is 6. The third-order valence-electron chi connectivity index (χ3n) is 7.03. The quantitative estimate of drug-likeness (QED) is 0.323. The largest absolute Gasteiger partial charge is 0.497 e. The van der Waals surface area contributed by atoms with Gasteiger partial charge in [0.05, 0.1) is 18.8 Å². The number of ether oxygens (including phenoxy) is 2. The molecule has 2 aliphatic rings. The first-order valence-electron chi connectivity index (χ1n) is 13.5. The molecule has 1 saturated heterocycles. The molecular weight excluding hydrogens is 481 g/mol. The minimum atomic E-state index is -1.57. The number of oxazole rings is 1. The molecule has 0 spiro atoms. The molecule has 1 unspecified atom stereocenters. The van der Waals surface area contributed by atoms with Gasteiger partial charge in [-0.05, 0) is 38.3 Å². The van der Waals surface area contributed by atoms with E-state index in [-0.39, 0.29) is 12.5 Å². The van der Waals surface area contributed by atoms with Crippen LogP contribution in [0.3, 0.4) is 0 Å². The lowest BCUT2D eigenvalue weighted by Crippen LogP contribution is -2.46. The van der Waals surface area contributed by atoms with Crippen molar-refractivity contribution in [2.75, 3.05) is 38.2 Å². The van der Waals surface area contributed by atoms with Gasteiger partial charge in [0.25, 0.3) is 6.01 Å².